The molecule has 0 saturated carbocycles. The van der Waals surface area contributed by atoms with E-state index in [4.69, 9.17) is 10.5 Å². The van der Waals surface area contributed by atoms with Crippen molar-refractivity contribution in [1.29, 1.82) is 10.5 Å². The number of nitrogens with one attached hydrogen (secondary N) is 1. The monoisotopic (exact) mass is 280 g/mol. The fraction of sp³-hybridized carbons (Fsp3) is 0.312. The summed E-state index contributed by atoms with van der Waals surface area (Å²) in [6.45, 7) is -0.0566. The predicted molar refractivity (Wildman–Crippen MR) is 79.0 cm³/mol. The van der Waals surface area contributed by atoms with E-state index in [0.717, 1.165) is 11.9 Å². The molecule has 106 valence electrons. The molecule has 5 nitrogen and oxygen atoms in total. The Labute approximate surface area is 123 Å². The van der Waals surface area contributed by atoms with Gasteiger partial charge in [0, 0.05) is 23.5 Å². The number of amides is 1. The van der Waals surface area contributed by atoms with Gasteiger partial charge in [-0.1, -0.05) is 18.2 Å². The van der Waals surface area contributed by atoms with Crippen molar-refractivity contribution in [2.24, 2.45) is 0 Å². The van der Waals surface area contributed by atoms with Crippen LogP contribution in [0.2, 0.25) is 0 Å². The fourth-order valence-electron chi connectivity index (χ4n) is 2.33. The Morgan fingerprint density at radius 2 is 1.90 bits per heavy atom. The molecule has 0 aliphatic heterocycles. The van der Waals surface area contributed by atoms with Gasteiger partial charge in [0.15, 0.2) is 0 Å². The minimum atomic E-state index is -0.141. The maximum atomic E-state index is 11.9. The number of H-pyrrole nitrogens is 1. The molecule has 0 unspecified atom stereocenters. The Hall–Kier alpha value is -2.79. The maximum Gasteiger partial charge on any atom is 0.224 e. The lowest BCUT2D eigenvalue weighted by atomic mass is 10.1. The van der Waals surface area contributed by atoms with Gasteiger partial charge in [-0.15, -0.1) is 0 Å². The van der Waals surface area contributed by atoms with Gasteiger partial charge < -0.3 is 9.88 Å². The second kappa shape index (κ2) is 7.12. The zero-order valence-electron chi connectivity index (χ0n) is 11.7. The first kappa shape index (κ1) is 14.6. The molecule has 1 N–H and O–H groups in total. The summed E-state index contributed by atoms with van der Waals surface area (Å²) in [5.74, 6) is -0.141. The van der Waals surface area contributed by atoms with Crippen molar-refractivity contribution in [3.63, 3.8) is 0 Å². The molecule has 21 heavy (non-hydrogen) atoms. The molecule has 0 bridgehead atoms. The van der Waals surface area contributed by atoms with Gasteiger partial charge in [0.05, 0.1) is 12.1 Å². The molecule has 2 aromatic rings. The average molecular weight is 280 g/mol. The van der Waals surface area contributed by atoms with Crippen LogP contribution < -0.4 is 0 Å². The molecular formula is C16H16N4O. The summed E-state index contributed by atoms with van der Waals surface area (Å²) in [5.41, 5.74) is 2.28. The second-order valence-corrected chi connectivity index (χ2v) is 4.78. The number of hydrogen-bond donors (Lipinski definition) is 1. The van der Waals surface area contributed by atoms with Crippen LogP contribution in [0.25, 0.3) is 10.9 Å². The number of benzene rings is 1. The highest BCUT2D eigenvalue weighted by atomic mass is 16.2. The molecule has 1 aromatic heterocycles. The lowest BCUT2D eigenvalue weighted by Crippen LogP contribution is -2.31. The van der Waals surface area contributed by atoms with E-state index in [1.807, 2.05) is 36.5 Å². The van der Waals surface area contributed by atoms with Crippen LogP contribution in [0.15, 0.2) is 30.5 Å². The van der Waals surface area contributed by atoms with E-state index >= 15 is 0 Å². The third-order valence-corrected chi connectivity index (χ3v) is 3.39. The van der Waals surface area contributed by atoms with Crippen LogP contribution >= 0.6 is 0 Å². The van der Waals surface area contributed by atoms with Crippen molar-refractivity contribution < 1.29 is 4.79 Å². The van der Waals surface area contributed by atoms with E-state index < -0.39 is 0 Å². The highest BCUT2D eigenvalue weighted by Gasteiger charge is 2.12. The summed E-state index contributed by atoms with van der Waals surface area (Å²) >= 11 is 0. The number of aromatic amines is 1. The highest BCUT2D eigenvalue weighted by molar-refractivity contribution is 5.83. The van der Waals surface area contributed by atoms with Crippen molar-refractivity contribution in [2.75, 3.05) is 13.1 Å². The van der Waals surface area contributed by atoms with Gasteiger partial charge in [0.2, 0.25) is 5.91 Å². The Morgan fingerprint density at radius 1 is 1.19 bits per heavy atom. The van der Waals surface area contributed by atoms with E-state index in [9.17, 15) is 4.79 Å². The lowest BCUT2D eigenvalue weighted by molar-refractivity contribution is -0.130. The molecule has 0 aliphatic carbocycles. The highest BCUT2D eigenvalue weighted by Crippen LogP contribution is 2.19. The Bertz CT molecular complexity index is 689. The number of carbonyl (C=O) groups excluding carboxylic acids is 1. The normalized spacial score (nSPS) is 10.0. The molecule has 0 aliphatic rings. The smallest absolute Gasteiger partial charge is 0.224 e. The minimum Gasteiger partial charge on any atom is -0.361 e. The van der Waals surface area contributed by atoms with Gasteiger partial charge >= 0.3 is 0 Å². The molecule has 5 heteroatoms. The zero-order valence-corrected chi connectivity index (χ0v) is 11.7. The first-order valence-electron chi connectivity index (χ1n) is 6.83. The van der Waals surface area contributed by atoms with Gasteiger partial charge in [-0.25, -0.2) is 0 Å². The summed E-state index contributed by atoms with van der Waals surface area (Å²) in [6, 6.07) is 11.9. The number of hydrogen-bond acceptors (Lipinski definition) is 3. The van der Waals surface area contributed by atoms with E-state index in [0.29, 0.717) is 12.8 Å². The van der Waals surface area contributed by atoms with Crippen molar-refractivity contribution in [1.82, 2.24) is 9.88 Å². The Kier molecular flexibility index (Phi) is 4.95. The van der Waals surface area contributed by atoms with Crippen LogP contribution in [0.1, 0.15) is 18.4 Å². The van der Waals surface area contributed by atoms with Crippen LogP contribution in [-0.2, 0) is 11.2 Å². The van der Waals surface area contributed by atoms with E-state index in [1.165, 1.54) is 15.8 Å². The van der Waals surface area contributed by atoms with E-state index in [1.54, 1.807) is 0 Å². The number of nitriles is 2. The minimum absolute atomic E-state index is 0.0283. The molecule has 2 rings (SSSR count). The van der Waals surface area contributed by atoms with E-state index in [-0.39, 0.29) is 19.0 Å². The number of aryl methyl sites for hydroxylation is 1. The lowest BCUT2D eigenvalue weighted by Gasteiger charge is -2.15. The number of para-hydroxylation sites is 1. The summed E-state index contributed by atoms with van der Waals surface area (Å²) < 4.78 is 0. The summed E-state index contributed by atoms with van der Waals surface area (Å²) in [6.07, 6.45) is 3.82. The number of carbonyl (C=O) groups is 1. The number of fused-ring (bicyclic) bond motifs is 1. The van der Waals surface area contributed by atoms with Crippen LogP contribution in [0.4, 0.5) is 0 Å². The largest absolute Gasteiger partial charge is 0.361 e. The molecule has 0 radical (unpaired) electrons. The fourth-order valence-corrected chi connectivity index (χ4v) is 2.33. The average Bonchev–Trinajstić information content (AvgIpc) is 2.90. The van der Waals surface area contributed by atoms with Crippen LogP contribution in [-0.4, -0.2) is 28.9 Å². The Morgan fingerprint density at radius 3 is 2.62 bits per heavy atom. The van der Waals surface area contributed by atoms with Crippen LogP contribution in [0.3, 0.4) is 0 Å². The quantitative estimate of drug-likeness (QED) is 0.824. The van der Waals surface area contributed by atoms with E-state index in [2.05, 4.69) is 11.1 Å². The van der Waals surface area contributed by atoms with Gasteiger partial charge in [0.1, 0.15) is 13.1 Å². The molecule has 0 saturated heterocycles. The molecule has 1 heterocycles. The molecular weight excluding hydrogens is 264 g/mol. The first-order valence-corrected chi connectivity index (χ1v) is 6.83. The first-order chi connectivity index (χ1) is 10.3. The van der Waals surface area contributed by atoms with Crippen molar-refractivity contribution >= 4 is 16.8 Å². The second-order valence-electron chi connectivity index (χ2n) is 4.78. The summed E-state index contributed by atoms with van der Waals surface area (Å²) in [5, 5.41) is 18.5. The van der Waals surface area contributed by atoms with Crippen LogP contribution in [0.5, 0.6) is 0 Å². The predicted octanol–water partition coefficient (Wildman–Crippen LogP) is 2.37. The van der Waals surface area contributed by atoms with Crippen molar-refractivity contribution in [3.8, 4) is 12.1 Å². The topological polar surface area (TPSA) is 83.7 Å². The number of rotatable bonds is 6. The Balaban J connectivity index is 1.90. The number of aromatic nitrogens is 1. The maximum absolute atomic E-state index is 11.9. The third kappa shape index (κ3) is 3.61. The summed E-state index contributed by atoms with van der Waals surface area (Å²) in [4.78, 5) is 16.4. The third-order valence-electron chi connectivity index (χ3n) is 3.39. The van der Waals surface area contributed by atoms with Crippen LogP contribution in [0, 0.1) is 22.7 Å². The molecule has 0 fully saturated rings. The van der Waals surface area contributed by atoms with Crippen molar-refractivity contribution in [2.45, 2.75) is 19.3 Å². The van der Waals surface area contributed by atoms with Gasteiger partial charge in [-0.05, 0) is 24.5 Å². The molecule has 1 aromatic carbocycles. The van der Waals surface area contributed by atoms with Gasteiger partial charge in [0.25, 0.3) is 0 Å². The van der Waals surface area contributed by atoms with Crippen molar-refractivity contribution in [3.05, 3.63) is 36.0 Å². The molecule has 1 amide bonds. The zero-order chi connectivity index (χ0) is 15.1. The van der Waals surface area contributed by atoms with Gasteiger partial charge in [-0.3, -0.25) is 4.79 Å². The number of nitrogens with zero attached hydrogens (tertiary/aromatic N) is 3. The SMILES string of the molecule is N#CCN(CC#N)C(=O)CCCc1c[nH]c2ccccc12. The van der Waals surface area contributed by atoms with Gasteiger partial charge in [-0.2, -0.15) is 10.5 Å². The molecule has 0 spiro atoms. The standard InChI is InChI=1S/C16H16N4O/c17-8-10-20(11-9-18)16(21)7-3-4-13-12-19-15-6-2-1-5-14(13)15/h1-2,5-6,12,19H,3-4,7,10-11H2. The summed E-state index contributed by atoms with van der Waals surface area (Å²) in [7, 11) is 0. The molecule has 0 atom stereocenters.